The molecule has 0 rings (SSSR count). The molecular formula is C16H35N. The van der Waals surface area contributed by atoms with Gasteiger partial charge in [0.2, 0.25) is 0 Å². The molecule has 104 valence electrons. The second kappa shape index (κ2) is 14.0. The first-order valence-corrected chi connectivity index (χ1v) is 8.08. The van der Waals surface area contributed by atoms with E-state index in [9.17, 15) is 0 Å². The third kappa shape index (κ3) is 12.2. The average Bonchev–Trinajstić information content (AvgIpc) is 2.34. The van der Waals surface area contributed by atoms with E-state index in [-0.39, 0.29) is 0 Å². The van der Waals surface area contributed by atoms with Crippen LogP contribution in [0.4, 0.5) is 0 Å². The smallest absolute Gasteiger partial charge is 0.00669 e. The number of rotatable bonds is 13. The quantitative estimate of drug-likeness (QED) is 0.432. The van der Waals surface area contributed by atoms with Gasteiger partial charge in [-0.25, -0.2) is 0 Å². The molecule has 0 radical (unpaired) electrons. The molecule has 0 aliphatic rings. The molecule has 0 heterocycles. The fraction of sp³-hybridized carbons (Fsp3) is 1.00. The van der Waals surface area contributed by atoms with Crippen LogP contribution in [-0.4, -0.2) is 12.6 Å². The first-order chi connectivity index (χ1) is 8.35. The number of hydrogen-bond donors (Lipinski definition) is 1. The summed E-state index contributed by atoms with van der Waals surface area (Å²) in [5, 5.41) is 3.76. The molecule has 0 aliphatic carbocycles. The van der Waals surface area contributed by atoms with E-state index in [2.05, 4.69) is 26.1 Å². The van der Waals surface area contributed by atoms with Crippen LogP contribution < -0.4 is 5.32 Å². The minimum atomic E-state index is 0.790. The Morgan fingerprint density at radius 1 is 0.647 bits per heavy atom. The summed E-state index contributed by atoms with van der Waals surface area (Å²) in [5.74, 6) is 0. The molecule has 0 aromatic carbocycles. The highest BCUT2D eigenvalue weighted by Crippen LogP contribution is 2.09. The lowest BCUT2D eigenvalue weighted by molar-refractivity contribution is 0.423. The van der Waals surface area contributed by atoms with E-state index < -0.39 is 0 Å². The van der Waals surface area contributed by atoms with Crippen molar-refractivity contribution in [3.05, 3.63) is 0 Å². The van der Waals surface area contributed by atoms with Crippen LogP contribution in [0.25, 0.3) is 0 Å². The van der Waals surface area contributed by atoms with E-state index in [0.717, 1.165) is 6.04 Å². The molecule has 0 aromatic heterocycles. The summed E-state index contributed by atoms with van der Waals surface area (Å²) in [6.07, 6.45) is 15.2. The maximum Gasteiger partial charge on any atom is 0.00669 e. The summed E-state index contributed by atoms with van der Waals surface area (Å²) in [5.41, 5.74) is 0. The van der Waals surface area contributed by atoms with Crippen molar-refractivity contribution in [1.82, 2.24) is 5.32 Å². The lowest BCUT2D eigenvalue weighted by atomic mass is 10.0. The third-order valence-electron chi connectivity index (χ3n) is 3.51. The van der Waals surface area contributed by atoms with Gasteiger partial charge < -0.3 is 5.32 Å². The van der Waals surface area contributed by atoms with Gasteiger partial charge in [0.05, 0.1) is 0 Å². The molecule has 1 unspecified atom stereocenters. The second-order valence-electron chi connectivity index (χ2n) is 5.35. The molecule has 1 heteroatoms. The molecule has 1 nitrogen and oxygen atoms in total. The standard InChI is InChI=1S/C16H35N/c1-4-7-9-10-12-15-17-16(13-6-3)14-11-8-5-2/h16-17H,4-15H2,1-3H3. The minimum Gasteiger partial charge on any atom is -0.314 e. The SMILES string of the molecule is CCCCCCCNC(CCC)CCCCC. The Bertz CT molecular complexity index is 133. The summed E-state index contributed by atoms with van der Waals surface area (Å²) in [7, 11) is 0. The predicted octanol–water partition coefficient (Wildman–Crippen LogP) is 5.30. The summed E-state index contributed by atoms with van der Waals surface area (Å²) in [4.78, 5) is 0. The van der Waals surface area contributed by atoms with Crippen molar-refractivity contribution in [2.45, 2.75) is 97.4 Å². The molecule has 0 aliphatic heterocycles. The van der Waals surface area contributed by atoms with Crippen LogP contribution in [0.2, 0.25) is 0 Å². The van der Waals surface area contributed by atoms with E-state index in [4.69, 9.17) is 0 Å². The van der Waals surface area contributed by atoms with Gasteiger partial charge in [-0.05, 0) is 25.8 Å². The van der Waals surface area contributed by atoms with Gasteiger partial charge in [-0.2, -0.15) is 0 Å². The Hall–Kier alpha value is -0.0400. The second-order valence-corrected chi connectivity index (χ2v) is 5.35. The number of unbranched alkanes of at least 4 members (excludes halogenated alkanes) is 6. The zero-order valence-corrected chi connectivity index (χ0v) is 12.6. The number of hydrogen-bond acceptors (Lipinski definition) is 1. The molecule has 0 aromatic rings. The summed E-state index contributed by atoms with van der Waals surface area (Å²) < 4.78 is 0. The Balaban J connectivity index is 3.41. The van der Waals surface area contributed by atoms with Crippen molar-refractivity contribution in [3.8, 4) is 0 Å². The maximum absolute atomic E-state index is 3.76. The van der Waals surface area contributed by atoms with Gasteiger partial charge in [-0.1, -0.05) is 72.1 Å². The molecule has 17 heavy (non-hydrogen) atoms. The largest absolute Gasteiger partial charge is 0.314 e. The highest BCUT2D eigenvalue weighted by atomic mass is 14.9. The van der Waals surface area contributed by atoms with E-state index in [0.29, 0.717) is 0 Å². The fourth-order valence-corrected chi connectivity index (χ4v) is 2.37. The van der Waals surface area contributed by atoms with Crippen LogP contribution in [0.15, 0.2) is 0 Å². The van der Waals surface area contributed by atoms with Gasteiger partial charge in [0.1, 0.15) is 0 Å². The van der Waals surface area contributed by atoms with Gasteiger partial charge in [0, 0.05) is 6.04 Å². The molecule has 1 N–H and O–H groups in total. The molecule has 0 saturated carbocycles. The molecular weight excluding hydrogens is 206 g/mol. The van der Waals surface area contributed by atoms with Crippen LogP contribution in [0.1, 0.15) is 91.4 Å². The lowest BCUT2D eigenvalue weighted by Gasteiger charge is -2.18. The van der Waals surface area contributed by atoms with Gasteiger partial charge in [-0.15, -0.1) is 0 Å². The van der Waals surface area contributed by atoms with E-state index in [1.54, 1.807) is 0 Å². The molecule has 0 spiro atoms. The van der Waals surface area contributed by atoms with E-state index >= 15 is 0 Å². The molecule has 0 saturated heterocycles. The van der Waals surface area contributed by atoms with Crippen LogP contribution >= 0.6 is 0 Å². The Labute approximate surface area is 110 Å². The van der Waals surface area contributed by atoms with Crippen molar-refractivity contribution in [2.24, 2.45) is 0 Å². The zero-order valence-electron chi connectivity index (χ0n) is 12.6. The van der Waals surface area contributed by atoms with Gasteiger partial charge >= 0.3 is 0 Å². The van der Waals surface area contributed by atoms with Gasteiger partial charge in [-0.3, -0.25) is 0 Å². The normalized spacial score (nSPS) is 12.9. The molecule has 0 bridgehead atoms. The van der Waals surface area contributed by atoms with Crippen LogP contribution in [0.3, 0.4) is 0 Å². The molecule has 0 fully saturated rings. The highest BCUT2D eigenvalue weighted by molar-refractivity contribution is 4.66. The topological polar surface area (TPSA) is 12.0 Å². The average molecular weight is 241 g/mol. The summed E-state index contributed by atoms with van der Waals surface area (Å²) in [6.45, 7) is 8.11. The zero-order chi connectivity index (χ0) is 12.8. The first-order valence-electron chi connectivity index (χ1n) is 8.08. The van der Waals surface area contributed by atoms with Gasteiger partial charge in [0.15, 0.2) is 0 Å². The van der Waals surface area contributed by atoms with Crippen LogP contribution in [-0.2, 0) is 0 Å². The number of nitrogens with one attached hydrogen (secondary N) is 1. The monoisotopic (exact) mass is 241 g/mol. The van der Waals surface area contributed by atoms with Crippen molar-refractivity contribution in [1.29, 1.82) is 0 Å². The molecule has 1 atom stereocenters. The fourth-order valence-electron chi connectivity index (χ4n) is 2.37. The van der Waals surface area contributed by atoms with Crippen molar-refractivity contribution >= 4 is 0 Å². The van der Waals surface area contributed by atoms with Crippen LogP contribution in [0, 0.1) is 0 Å². The Morgan fingerprint density at radius 3 is 1.94 bits per heavy atom. The Kier molecular flexibility index (Phi) is 14.0. The summed E-state index contributed by atoms with van der Waals surface area (Å²) >= 11 is 0. The first kappa shape index (κ1) is 17.0. The van der Waals surface area contributed by atoms with Crippen molar-refractivity contribution < 1.29 is 0 Å². The van der Waals surface area contributed by atoms with E-state index in [1.165, 1.54) is 77.2 Å². The summed E-state index contributed by atoms with van der Waals surface area (Å²) in [6, 6.07) is 0.790. The lowest BCUT2D eigenvalue weighted by Crippen LogP contribution is -2.29. The van der Waals surface area contributed by atoms with Crippen molar-refractivity contribution in [3.63, 3.8) is 0 Å². The minimum absolute atomic E-state index is 0.790. The molecule has 0 amide bonds. The van der Waals surface area contributed by atoms with E-state index in [1.807, 2.05) is 0 Å². The maximum atomic E-state index is 3.76. The van der Waals surface area contributed by atoms with Crippen molar-refractivity contribution in [2.75, 3.05) is 6.54 Å². The Morgan fingerprint density at radius 2 is 1.29 bits per heavy atom. The van der Waals surface area contributed by atoms with Crippen LogP contribution in [0.5, 0.6) is 0 Å². The highest BCUT2D eigenvalue weighted by Gasteiger charge is 2.05. The van der Waals surface area contributed by atoms with Gasteiger partial charge in [0.25, 0.3) is 0 Å². The predicted molar refractivity (Wildman–Crippen MR) is 79.6 cm³/mol. The third-order valence-corrected chi connectivity index (χ3v) is 3.51.